The minimum absolute atomic E-state index is 0.0763. The van der Waals surface area contributed by atoms with Crippen LogP contribution in [0.2, 0.25) is 0 Å². The Balaban J connectivity index is 1.23. The van der Waals surface area contributed by atoms with E-state index < -0.39 is 10.0 Å². The fourth-order valence-electron chi connectivity index (χ4n) is 3.97. The van der Waals surface area contributed by atoms with Gasteiger partial charge < -0.3 is 5.32 Å². The van der Waals surface area contributed by atoms with Gasteiger partial charge in [-0.25, -0.2) is 13.4 Å². The van der Waals surface area contributed by atoms with Gasteiger partial charge in [0.2, 0.25) is 21.8 Å². The predicted octanol–water partition coefficient (Wildman–Crippen LogP) is 2.50. The lowest BCUT2D eigenvalue weighted by atomic mass is 10.1. The van der Waals surface area contributed by atoms with Crippen molar-refractivity contribution in [1.82, 2.24) is 14.6 Å². The van der Waals surface area contributed by atoms with Gasteiger partial charge in [0.05, 0.1) is 17.2 Å². The van der Waals surface area contributed by atoms with Crippen LogP contribution in [0.3, 0.4) is 0 Å². The maximum atomic E-state index is 12.6. The van der Waals surface area contributed by atoms with Crippen molar-refractivity contribution < 1.29 is 18.0 Å². The highest BCUT2D eigenvalue weighted by Gasteiger charge is 2.27. The first-order chi connectivity index (χ1) is 15.9. The molecule has 0 aromatic heterocycles. The van der Waals surface area contributed by atoms with Crippen molar-refractivity contribution in [2.75, 3.05) is 19.6 Å². The molecule has 2 amide bonds. The summed E-state index contributed by atoms with van der Waals surface area (Å²) in [6, 6.07) is 16.3. The first-order valence-corrected chi connectivity index (χ1v) is 12.7. The van der Waals surface area contributed by atoms with E-state index in [1.54, 1.807) is 24.3 Å². The molecule has 0 radical (unpaired) electrons. The van der Waals surface area contributed by atoms with Crippen molar-refractivity contribution in [3.8, 4) is 0 Å². The molecule has 33 heavy (non-hydrogen) atoms. The van der Waals surface area contributed by atoms with Crippen molar-refractivity contribution in [3.05, 3.63) is 65.7 Å². The molecular weight excluding hydrogens is 440 g/mol. The third-order valence-electron chi connectivity index (χ3n) is 5.88. The number of amides is 2. The highest BCUT2D eigenvalue weighted by molar-refractivity contribution is 7.89. The standard InChI is InChI=1S/C24H28N4O4S/c29-23(12-13-24(30)28-17-14-22(26-28)20-6-2-1-3-7-20)25-18-19-8-10-21(11-9-19)33(31,32)27-15-4-5-16-27/h1-3,6-11H,4-5,12-18H2,(H,25,29). The van der Waals surface area contributed by atoms with Crippen LogP contribution < -0.4 is 5.32 Å². The van der Waals surface area contributed by atoms with E-state index in [1.807, 2.05) is 30.3 Å². The van der Waals surface area contributed by atoms with Crippen LogP contribution in [-0.2, 0) is 26.2 Å². The molecule has 0 saturated carbocycles. The van der Waals surface area contributed by atoms with Gasteiger partial charge in [-0.2, -0.15) is 9.41 Å². The average Bonchev–Trinajstić information content (AvgIpc) is 3.55. The van der Waals surface area contributed by atoms with E-state index in [1.165, 1.54) is 9.31 Å². The van der Waals surface area contributed by atoms with Gasteiger partial charge in [-0.1, -0.05) is 42.5 Å². The third kappa shape index (κ3) is 5.66. The fourth-order valence-corrected chi connectivity index (χ4v) is 5.48. The molecule has 2 aliphatic heterocycles. The van der Waals surface area contributed by atoms with Crippen LogP contribution in [0, 0.1) is 0 Å². The lowest BCUT2D eigenvalue weighted by Crippen LogP contribution is -2.28. The van der Waals surface area contributed by atoms with Crippen LogP contribution in [0.1, 0.15) is 43.2 Å². The average molecular weight is 469 g/mol. The molecule has 8 nitrogen and oxygen atoms in total. The minimum atomic E-state index is -3.44. The molecule has 4 rings (SSSR count). The van der Waals surface area contributed by atoms with Gasteiger partial charge in [-0.3, -0.25) is 9.59 Å². The van der Waals surface area contributed by atoms with E-state index in [0.29, 0.717) is 26.1 Å². The van der Waals surface area contributed by atoms with Crippen molar-refractivity contribution in [3.63, 3.8) is 0 Å². The first-order valence-electron chi connectivity index (χ1n) is 11.2. The second kappa shape index (κ2) is 10.3. The normalized spacial score (nSPS) is 16.6. The summed E-state index contributed by atoms with van der Waals surface area (Å²) in [4.78, 5) is 24.9. The monoisotopic (exact) mass is 468 g/mol. The van der Waals surface area contributed by atoms with Crippen LogP contribution >= 0.6 is 0 Å². The summed E-state index contributed by atoms with van der Waals surface area (Å²) < 4.78 is 26.7. The Labute approximate surface area is 194 Å². The topological polar surface area (TPSA) is 99.1 Å². The largest absolute Gasteiger partial charge is 0.352 e. The lowest BCUT2D eigenvalue weighted by Gasteiger charge is -2.15. The zero-order valence-electron chi connectivity index (χ0n) is 18.4. The number of nitrogens with one attached hydrogen (secondary N) is 1. The summed E-state index contributed by atoms with van der Waals surface area (Å²) >= 11 is 0. The van der Waals surface area contributed by atoms with Crippen LogP contribution in [0.5, 0.6) is 0 Å². The molecule has 2 aromatic rings. The second-order valence-corrected chi connectivity index (χ2v) is 10.1. The Morgan fingerprint density at radius 3 is 2.30 bits per heavy atom. The third-order valence-corrected chi connectivity index (χ3v) is 7.79. The van der Waals surface area contributed by atoms with Crippen LogP contribution in [-0.4, -0.2) is 54.9 Å². The van der Waals surface area contributed by atoms with Crippen molar-refractivity contribution >= 4 is 27.5 Å². The van der Waals surface area contributed by atoms with Gasteiger partial charge in [0.1, 0.15) is 0 Å². The summed E-state index contributed by atoms with van der Waals surface area (Å²) in [7, 11) is -3.44. The molecule has 0 spiro atoms. The number of hydrogen-bond acceptors (Lipinski definition) is 5. The summed E-state index contributed by atoms with van der Waals surface area (Å²) in [5.74, 6) is -0.406. The van der Waals surface area contributed by atoms with Crippen molar-refractivity contribution in [1.29, 1.82) is 0 Å². The molecule has 0 unspecified atom stereocenters. The number of benzene rings is 2. The number of carbonyl (C=O) groups excluding carboxylic acids is 2. The van der Waals surface area contributed by atoms with Gasteiger partial charge in [-0.15, -0.1) is 0 Å². The Morgan fingerprint density at radius 2 is 1.61 bits per heavy atom. The molecule has 9 heteroatoms. The SMILES string of the molecule is O=C(CCC(=O)N1CCC(c2ccccc2)=N1)NCc1ccc(S(=O)(=O)N2CCCC2)cc1. The van der Waals surface area contributed by atoms with Gasteiger partial charge in [0.15, 0.2) is 0 Å². The first kappa shape index (κ1) is 23.1. The van der Waals surface area contributed by atoms with Crippen LogP contribution in [0.15, 0.2) is 64.6 Å². The number of sulfonamides is 1. The highest BCUT2D eigenvalue weighted by atomic mass is 32.2. The Kier molecular flexibility index (Phi) is 7.20. The Hall–Kier alpha value is -3.04. The highest BCUT2D eigenvalue weighted by Crippen LogP contribution is 2.21. The second-order valence-electron chi connectivity index (χ2n) is 8.21. The molecule has 2 aromatic carbocycles. The molecule has 0 bridgehead atoms. The van der Waals surface area contributed by atoms with Crippen molar-refractivity contribution in [2.45, 2.75) is 43.5 Å². The molecule has 1 fully saturated rings. The summed E-state index contributed by atoms with van der Waals surface area (Å²) in [6.07, 6.45) is 2.65. The quantitative estimate of drug-likeness (QED) is 0.643. The number of nitrogens with zero attached hydrogens (tertiary/aromatic N) is 3. The van der Waals surface area contributed by atoms with Gasteiger partial charge in [-0.05, 0) is 36.1 Å². The maximum Gasteiger partial charge on any atom is 0.243 e. The lowest BCUT2D eigenvalue weighted by molar-refractivity contribution is -0.133. The van der Waals surface area contributed by atoms with Crippen molar-refractivity contribution in [2.24, 2.45) is 5.10 Å². The van der Waals surface area contributed by atoms with Gasteiger partial charge in [0, 0.05) is 38.9 Å². The zero-order valence-corrected chi connectivity index (χ0v) is 19.3. The minimum Gasteiger partial charge on any atom is -0.352 e. The van der Waals surface area contributed by atoms with E-state index in [4.69, 9.17) is 0 Å². The molecule has 2 aliphatic rings. The summed E-state index contributed by atoms with van der Waals surface area (Å²) in [5.41, 5.74) is 2.68. The fraction of sp³-hybridized carbons (Fsp3) is 0.375. The van der Waals surface area contributed by atoms with E-state index in [0.717, 1.165) is 29.7 Å². The molecule has 1 saturated heterocycles. The van der Waals surface area contributed by atoms with E-state index >= 15 is 0 Å². The van der Waals surface area contributed by atoms with Crippen LogP contribution in [0.4, 0.5) is 0 Å². The van der Waals surface area contributed by atoms with E-state index in [9.17, 15) is 18.0 Å². The van der Waals surface area contributed by atoms with E-state index in [-0.39, 0.29) is 36.1 Å². The summed E-state index contributed by atoms with van der Waals surface area (Å²) in [5, 5.41) is 8.63. The van der Waals surface area contributed by atoms with E-state index in [2.05, 4.69) is 10.4 Å². The molecular formula is C24H28N4O4S. The zero-order chi connectivity index (χ0) is 23.3. The molecule has 0 aliphatic carbocycles. The predicted molar refractivity (Wildman–Crippen MR) is 125 cm³/mol. The summed E-state index contributed by atoms with van der Waals surface area (Å²) in [6.45, 7) is 1.93. The molecule has 1 N–H and O–H groups in total. The molecule has 174 valence electrons. The van der Waals surface area contributed by atoms with Gasteiger partial charge >= 0.3 is 0 Å². The number of rotatable bonds is 8. The Bertz CT molecular complexity index is 1120. The number of hydrazone groups is 1. The smallest absolute Gasteiger partial charge is 0.243 e. The Morgan fingerprint density at radius 1 is 0.909 bits per heavy atom. The van der Waals surface area contributed by atoms with Gasteiger partial charge in [0.25, 0.3) is 0 Å². The number of carbonyl (C=O) groups is 2. The number of hydrogen-bond donors (Lipinski definition) is 1. The van der Waals surface area contributed by atoms with Crippen LogP contribution in [0.25, 0.3) is 0 Å². The maximum absolute atomic E-state index is 12.6. The molecule has 0 atom stereocenters. The molecule has 2 heterocycles.